The van der Waals surface area contributed by atoms with E-state index in [1.165, 1.54) is 7.11 Å². The SMILES string of the molecule is COC(=O)C1=CC(c2ccccc2)C2(C)C=CC1N(C(=O)Oc1ccccc1)C2. The third-order valence-corrected chi connectivity index (χ3v) is 5.64. The topological polar surface area (TPSA) is 55.8 Å². The molecule has 0 saturated heterocycles. The number of carbonyl (C=O) groups excluding carboxylic acids is 2. The van der Waals surface area contributed by atoms with E-state index in [4.69, 9.17) is 9.47 Å². The smallest absolute Gasteiger partial charge is 0.416 e. The zero-order valence-electron chi connectivity index (χ0n) is 16.4. The Morgan fingerprint density at radius 1 is 1.03 bits per heavy atom. The number of ether oxygens (including phenoxy) is 2. The van der Waals surface area contributed by atoms with E-state index in [0.29, 0.717) is 17.9 Å². The van der Waals surface area contributed by atoms with Crippen molar-refractivity contribution < 1.29 is 19.1 Å². The van der Waals surface area contributed by atoms with Crippen LogP contribution in [0.3, 0.4) is 0 Å². The molecule has 2 aromatic rings. The van der Waals surface area contributed by atoms with Crippen LogP contribution in [0, 0.1) is 5.41 Å². The third-order valence-electron chi connectivity index (χ3n) is 5.64. The van der Waals surface area contributed by atoms with Crippen molar-refractivity contribution >= 4 is 12.1 Å². The molecule has 0 fully saturated rings. The zero-order valence-corrected chi connectivity index (χ0v) is 16.4. The molecule has 29 heavy (non-hydrogen) atoms. The van der Waals surface area contributed by atoms with Crippen molar-refractivity contribution in [3.63, 3.8) is 0 Å². The fourth-order valence-electron chi connectivity index (χ4n) is 4.15. The highest BCUT2D eigenvalue weighted by molar-refractivity contribution is 5.92. The van der Waals surface area contributed by atoms with Crippen molar-refractivity contribution in [1.29, 1.82) is 0 Å². The van der Waals surface area contributed by atoms with Gasteiger partial charge in [0.2, 0.25) is 0 Å². The lowest BCUT2D eigenvalue weighted by molar-refractivity contribution is -0.136. The van der Waals surface area contributed by atoms with Crippen LogP contribution in [0.25, 0.3) is 0 Å². The lowest BCUT2D eigenvalue weighted by Crippen LogP contribution is -2.50. The summed E-state index contributed by atoms with van der Waals surface area (Å²) in [5.41, 5.74) is 1.15. The molecule has 0 N–H and O–H groups in total. The first-order valence-corrected chi connectivity index (χ1v) is 9.60. The molecule has 5 rings (SSSR count). The van der Waals surface area contributed by atoms with E-state index < -0.39 is 18.1 Å². The molecule has 148 valence electrons. The number of para-hydroxylation sites is 1. The summed E-state index contributed by atoms with van der Waals surface area (Å²) in [6.45, 7) is 2.52. The van der Waals surface area contributed by atoms with Crippen LogP contribution in [0.4, 0.5) is 4.79 Å². The van der Waals surface area contributed by atoms with Gasteiger partial charge < -0.3 is 9.47 Å². The first-order valence-electron chi connectivity index (χ1n) is 9.60. The van der Waals surface area contributed by atoms with E-state index in [0.717, 1.165) is 5.56 Å². The highest BCUT2D eigenvalue weighted by Crippen LogP contribution is 2.46. The molecule has 2 heterocycles. The van der Waals surface area contributed by atoms with Gasteiger partial charge in [-0.05, 0) is 17.7 Å². The second-order valence-electron chi connectivity index (χ2n) is 7.62. The number of hydrogen-bond acceptors (Lipinski definition) is 4. The number of rotatable bonds is 3. The lowest BCUT2D eigenvalue weighted by atomic mass is 9.72. The van der Waals surface area contributed by atoms with E-state index in [9.17, 15) is 9.59 Å². The summed E-state index contributed by atoms with van der Waals surface area (Å²) in [5.74, 6) is -0.0484. The molecule has 1 aliphatic carbocycles. The van der Waals surface area contributed by atoms with Crippen LogP contribution < -0.4 is 4.74 Å². The average molecular weight is 389 g/mol. The van der Waals surface area contributed by atoms with E-state index >= 15 is 0 Å². The number of esters is 1. The van der Waals surface area contributed by atoms with Gasteiger partial charge in [-0.1, -0.05) is 73.7 Å². The molecule has 0 radical (unpaired) electrons. The molecule has 2 bridgehead atoms. The maximum atomic E-state index is 13.0. The average Bonchev–Trinajstić information content (AvgIpc) is 2.98. The normalized spacial score (nSPS) is 25.2. The molecule has 2 aliphatic heterocycles. The predicted octanol–water partition coefficient (Wildman–Crippen LogP) is 4.33. The molecule has 0 spiro atoms. The van der Waals surface area contributed by atoms with E-state index in [2.05, 4.69) is 13.0 Å². The van der Waals surface area contributed by atoms with Gasteiger partial charge in [-0.2, -0.15) is 0 Å². The molecule has 0 saturated carbocycles. The van der Waals surface area contributed by atoms with E-state index in [-0.39, 0.29) is 11.3 Å². The second kappa shape index (κ2) is 7.59. The molecule has 3 unspecified atom stereocenters. The standard InChI is InChI=1S/C24H23NO4/c1-24-14-13-21(25(16-24)23(27)29-18-11-7-4-8-12-18)19(22(26)28-2)15-20(24)17-9-5-3-6-10-17/h3-15,20-21H,16H2,1-2H3. The maximum Gasteiger partial charge on any atom is 0.416 e. The number of allylic oxidation sites excluding steroid dienone is 1. The van der Waals surface area contributed by atoms with Crippen LogP contribution in [-0.4, -0.2) is 36.7 Å². The van der Waals surface area contributed by atoms with Crippen molar-refractivity contribution in [1.82, 2.24) is 4.90 Å². The van der Waals surface area contributed by atoms with Crippen LogP contribution in [0.1, 0.15) is 18.4 Å². The zero-order chi connectivity index (χ0) is 20.4. The lowest BCUT2D eigenvalue weighted by Gasteiger charge is -2.41. The van der Waals surface area contributed by atoms with Gasteiger partial charge in [-0.15, -0.1) is 0 Å². The number of amides is 1. The van der Waals surface area contributed by atoms with Crippen molar-refractivity contribution in [2.45, 2.75) is 18.9 Å². The van der Waals surface area contributed by atoms with Gasteiger partial charge in [0.1, 0.15) is 5.75 Å². The summed E-state index contributed by atoms with van der Waals surface area (Å²) in [7, 11) is 1.36. The van der Waals surface area contributed by atoms with Crippen LogP contribution in [0.5, 0.6) is 5.75 Å². The largest absolute Gasteiger partial charge is 0.466 e. The molecule has 2 aromatic carbocycles. The molecule has 5 nitrogen and oxygen atoms in total. The minimum Gasteiger partial charge on any atom is -0.466 e. The van der Waals surface area contributed by atoms with Gasteiger partial charge in [0, 0.05) is 17.9 Å². The molecule has 0 aromatic heterocycles. The van der Waals surface area contributed by atoms with Gasteiger partial charge in [0.25, 0.3) is 0 Å². The van der Waals surface area contributed by atoms with Crippen LogP contribution >= 0.6 is 0 Å². The molecule has 3 aliphatic rings. The molecular weight excluding hydrogens is 366 g/mol. The van der Waals surface area contributed by atoms with E-state index in [1.54, 1.807) is 17.0 Å². The highest BCUT2D eigenvalue weighted by atomic mass is 16.6. The number of fused-ring (bicyclic) bond motifs is 2. The van der Waals surface area contributed by atoms with Gasteiger partial charge in [-0.25, -0.2) is 9.59 Å². The van der Waals surface area contributed by atoms with Gasteiger partial charge in [0.05, 0.1) is 18.7 Å². The summed E-state index contributed by atoms with van der Waals surface area (Å²) in [5, 5.41) is 0. The summed E-state index contributed by atoms with van der Waals surface area (Å²) in [6, 6.07) is 18.4. The number of carbonyl (C=O) groups is 2. The number of nitrogens with zero attached hydrogens (tertiary/aromatic N) is 1. The quantitative estimate of drug-likeness (QED) is 0.579. The van der Waals surface area contributed by atoms with E-state index in [1.807, 2.05) is 60.7 Å². The molecule has 5 heteroatoms. The van der Waals surface area contributed by atoms with Gasteiger partial charge in [-0.3, -0.25) is 4.90 Å². The minimum atomic E-state index is -0.527. The Morgan fingerprint density at radius 3 is 2.34 bits per heavy atom. The van der Waals surface area contributed by atoms with Gasteiger partial charge >= 0.3 is 12.1 Å². The summed E-state index contributed by atoms with van der Waals surface area (Å²) >= 11 is 0. The predicted molar refractivity (Wildman–Crippen MR) is 109 cm³/mol. The second-order valence-corrected chi connectivity index (χ2v) is 7.62. The fourth-order valence-corrected chi connectivity index (χ4v) is 4.15. The van der Waals surface area contributed by atoms with Crippen molar-refractivity contribution in [2.24, 2.45) is 5.41 Å². The minimum absolute atomic E-state index is 0.0754. The Kier molecular flexibility index (Phi) is 4.97. The monoisotopic (exact) mass is 389 g/mol. The molecule has 1 amide bonds. The Balaban J connectivity index is 1.73. The first-order chi connectivity index (χ1) is 14.0. The van der Waals surface area contributed by atoms with Crippen LogP contribution in [-0.2, 0) is 9.53 Å². The maximum absolute atomic E-state index is 13.0. The molecular formula is C24H23NO4. The van der Waals surface area contributed by atoms with Crippen molar-refractivity contribution in [3.05, 3.63) is 90.0 Å². The fraction of sp³-hybridized carbons (Fsp3) is 0.250. The van der Waals surface area contributed by atoms with Crippen molar-refractivity contribution in [3.8, 4) is 5.75 Å². The van der Waals surface area contributed by atoms with Crippen LogP contribution in [0.2, 0.25) is 0 Å². The summed E-state index contributed by atoms with van der Waals surface area (Å²) in [6.07, 6.45) is 5.47. The number of methoxy groups -OCH3 is 1. The third kappa shape index (κ3) is 3.56. The Morgan fingerprint density at radius 2 is 1.69 bits per heavy atom. The Hall–Kier alpha value is -3.34. The van der Waals surface area contributed by atoms with Crippen LogP contribution in [0.15, 0.2) is 84.5 Å². The van der Waals surface area contributed by atoms with Crippen molar-refractivity contribution in [2.75, 3.05) is 13.7 Å². The molecule has 3 atom stereocenters. The Bertz CT molecular complexity index is 967. The summed E-state index contributed by atoms with van der Waals surface area (Å²) < 4.78 is 10.6. The highest BCUT2D eigenvalue weighted by Gasteiger charge is 2.46. The first kappa shape index (κ1) is 19.0. The van der Waals surface area contributed by atoms with Gasteiger partial charge in [0.15, 0.2) is 0 Å². The number of benzene rings is 2. The summed E-state index contributed by atoms with van der Waals surface area (Å²) in [4.78, 5) is 27.3. The Labute approximate surface area is 170 Å². The number of hydrogen-bond donors (Lipinski definition) is 0.